The predicted molar refractivity (Wildman–Crippen MR) is 278 cm³/mol. The quantitative estimate of drug-likeness (QED) is 0.0975. The highest BCUT2D eigenvalue weighted by Gasteiger charge is 2.57. The zero-order valence-corrected chi connectivity index (χ0v) is 42.9. The molecular formula is C54H72N14O4. The van der Waals surface area contributed by atoms with Crippen LogP contribution in [0.4, 0.5) is 26.7 Å². The van der Waals surface area contributed by atoms with Gasteiger partial charge in [-0.05, 0) is 77.0 Å². The molecule has 0 bridgehead atoms. The van der Waals surface area contributed by atoms with Crippen LogP contribution in [0.25, 0.3) is 0 Å². The molecule has 0 aliphatic carbocycles. The molecule has 10 rings (SSSR count). The topological polar surface area (TPSA) is 166 Å². The van der Waals surface area contributed by atoms with E-state index >= 15 is 0 Å². The molecule has 0 aromatic heterocycles. The van der Waals surface area contributed by atoms with E-state index in [2.05, 4.69) is 166 Å². The van der Waals surface area contributed by atoms with E-state index in [1.807, 2.05) is 40.1 Å². The summed E-state index contributed by atoms with van der Waals surface area (Å²) in [7, 11) is 5.31. The Labute approximate surface area is 423 Å². The molecule has 18 heteroatoms. The lowest BCUT2D eigenvalue weighted by Gasteiger charge is -2.43. The lowest BCUT2D eigenvalue weighted by atomic mass is 9.92. The molecule has 6 heterocycles. The summed E-state index contributed by atoms with van der Waals surface area (Å²) < 4.78 is 0. The van der Waals surface area contributed by atoms with E-state index in [1.165, 1.54) is 15.5 Å². The Morgan fingerprint density at radius 3 is 1.82 bits per heavy atom. The Morgan fingerprint density at radius 1 is 0.667 bits per heavy atom. The Balaban J connectivity index is 0.849. The van der Waals surface area contributed by atoms with Gasteiger partial charge in [0.25, 0.3) is 0 Å². The summed E-state index contributed by atoms with van der Waals surface area (Å²) in [5.41, 5.74) is 14.4. The molecule has 6 N–H and O–H groups in total. The van der Waals surface area contributed by atoms with Crippen molar-refractivity contribution in [1.29, 1.82) is 0 Å². The molecule has 382 valence electrons. The number of hydrogen-bond donors (Lipinski definition) is 6. The van der Waals surface area contributed by atoms with Crippen molar-refractivity contribution in [3.63, 3.8) is 0 Å². The molecule has 0 spiro atoms. The van der Waals surface area contributed by atoms with E-state index in [-0.39, 0.29) is 47.4 Å². The summed E-state index contributed by atoms with van der Waals surface area (Å²) in [6, 6.07) is 35.0. The van der Waals surface area contributed by atoms with Crippen molar-refractivity contribution in [1.82, 2.24) is 56.0 Å². The van der Waals surface area contributed by atoms with Crippen LogP contribution in [-0.2, 0) is 22.7 Å². The fourth-order valence-electron chi connectivity index (χ4n) is 11.4. The summed E-state index contributed by atoms with van der Waals surface area (Å²) in [6.07, 6.45) is -1.92. The van der Waals surface area contributed by atoms with E-state index in [1.54, 1.807) is 14.1 Å². The normalized spacial score (nSPS) is 27.4. The minimum absolute atomic E-state index is 0.0225. The van der Waals surface area contributed by atoms with E-state index in [0.717, 1.165) is 59.9 Å². The van der Waals surface area contributed by atoms with Crippen molar-refractivity contribution >= 4 is 40.9 Å². The number of benzene rings is 4. The summed E-state index contributed by atoms with van der Waals surface area (Å²) in [5.74, 6) is -1.30. The van der Waals surface area contributed by atoms with E-state index < -0.39 is 36.5 Å². The molecule has 0 saturated carbocycles. The van der Waals surface area contributed by atoms with Crippen molar-refractivity contribution < 1.29 is 19.2 Å². The molecule has 18 nitrogen and oxygen atoms in total. The molecule has 6 amide bonds. The number of rotatable bonds is 14. The second kappa shape index (κ2) is 20.1. The van der Waals surface area contributed by atoms with Crippen LogP contribution in [0.1, 0.15) is 69.1 Å². The maximum Gasteiger partial charge on any atom is 0.327 e. The molecule has 6 aliphatic rings. The number of nitrogens with zero attached hydrogens (tertiary/aromatic N) is 8. The minimum atomic E-state index is -0.555. The van der Waals surface area contributed by atoms with Gasteiger partial charge in [0.1, 0.15) is 36.5 Å². The standard InChI is InChI=1S/C54H72N14O4/c1-34(2)28-65-48-43(50(69)62(7)52(65)71)47(68(59-48)30-36-19-23-41(24-20-36)64-26-25-55-33-64)57-40-16-12-13-38(27-40)42-31-61(6)45(58-42)37-21-17-35(18-22-37)29-67-46(56-39-14-10-9-11-15-39)44-49(60-67)66(32-54(3,4)5)53(72)63(8)51(44)70/h9-24,27,34,42-49,55-60H,25-26,28-33H2,1-8H3. The van der Waals surface area contributed by atoms with Crippen LogP contribution >= 0.6 is 0 Å². The smallest absolute Gasteiger partial charge is 0.327 e. The SMILES string of the molecule is CC(C)CN1C(=O)N(C)C(=O)C2C(Nc3cccc(C4CN(C)C(c5ccc(CN6NC7C(C(=O)N(C)C(=O)N7CC(C)(C)C)C6Nc6ccccc6)cc5)N4)c3)N(Cc3ccc(N4CCNC4)cc3)NC21. The molecule has 6 saturated heterocycles. The summed E-state index contributed by atoms with van der Waals surface area (Å²) in [6.45, 7) is 16.1. The third-order valence-electron chi connectivity index (χ3n) is 14.9. The number of nitrogens with one attached hydrogen (secondary N) is 6. The van der Waals surface area contributed by atoms with Crippen LogP contribution in [0.2, 0.25) is 0 Å². The third-order valence-corrected chi connectivity index (χ3v) is 14.9. The maximum absolute atomic E-state index is 14.2. The van der Waals surface area contributed by atoms with Crippen LogP contribution in [0.15, 0.2) is 103 Å². The number of fused-ring (bicyclic) bond motifs is 2. The number of hydrogen-bond acceptors (Lipinski definition) is 14. The molecule has 6 fully saturated rings. The average Bonchev–Trinajstić information content (AvgIpc) is 4.18. The number of likely N-dealkylation sites (N-methyl/N-ethyl adjacent to an activating group) is 1. The molecular weight excluding hydrogens is 909 g/mol. The van der Waals surface area contributed by atoms with E-state index in [0.29, 0.717) is 26.2 Å². The fraction of sp³-hybridized carbons (Fsp3) is 0.481. The van der Waals surface area contributed by atoms with E-state index in [4.69, 9.17) is 0 Å². The molecule has 72 heavy (non-hydrogen) atoms. The molecule has 8 unspecified atom stereocenters. The fourth-order valence-corrected chi connectivity index (χ4v) is 11.4. The Morgan fingerprint density at radius 2 is 1.24 bits per heavy atom. The summed E-state index contributed by atoms with van der Waals surface area (Å²) >= 11 is 0. The van der Waals surface area contributed by atoms with Crippen molar-refractivity contribution in [2.75, 3.05) is 76.1 Å². The zero-order chi connectivity index (χ0) is 50.6. The van der Waals surface area contributed by atoms with Gasteiger partial charge in [0.2, 0.25) is 11.8 Å². The second-order valence-corrected chi connectivity index (χ2v) is 22.1. The van der Waals surface area contributed by atoms with Gasteiger partial charge in [0, 0.05) is 83.0 Å². The van der Waals surface area contributed by atoms with E-state index in [9.17, 15) is 19.2 Å². The molecule has 4 aromatic carbocycles. The van der Waals surface area contributed by atoms with Gasteiger partial charge >= 0.3 is 12.1 Å². The van der Waals surface area contributed by atoms with Crippen LogP contribution in [-0.4, -0.2) is 144 Å². The van der Waals surface area contributed by atoms with Gasteiger partial charge in [-0.25, -0.2) is 30.5 Å². The molecule has 0 radical (unpaired) electrons. The van der Waals surface area contributed by atoms with Gasteiger partial charge in [-0.2, -0.15) is 0 Å². The first-order chi connectivity index (χ1) is 34.5. The lowest BCUT2D eigenvalue weighted by molar-refractivity contribution is -0.138. The van der Waals surface area contributed by atoms with Crippen molar-refractivity contribution in [2.45, 2.75) is 84.6 Å². The molecule has 8 atom stereocenters. The zero-order valence-electron chi connectivity index (χ0n) is 42.9. The van der Waals surface area contributed by atoms with Crippen LogP contribution in [0, 0.1) is 23.2 Å². The number of para-hydroxylation sites is 1. The van der Waals surface area contributed by atoms with Crippen molar-refractivity contribution in [3.8, 4) is 0 Å². The van der Waals surface area contributed by atoms with Crippen molar-refractivity contribution in [3.05, 3.63) is 125 Å². The number of anilines is 3. The highest BCUT2D eigenvalue weighted by atomic mass is 16.2. The number of amides is 6. The minimum Gasteiger partial charge on any atom is -0.368 e. The number of carbonyl (C=O) groups is 4. The number of carbonyl (C=O) groups excluding carboxylic acids is 4. The average molecular weight is 981 g/mol. The first kappa shape index (κ1) is 49.5. The first-order valence-electron chi connectivity index (χ1n) is 25.5. The van der Waals surface area contributed by atoms with Crippen LogP contribution in [0.3, 0.4) is 0 Å². The largest absolute Gasteiger partial charge is 0.368 e. The second-order valence-electron chi connectivity index (χ2n) is 22.1. The highest BCUT2D eigenvalue weighted by molar-refractivity contribution is 6.00. The predicted octanol–water partition coefficient (Wildman–Crippen LogP) is 5.22. The summed E-state index contributed by atoms with van der Waals surface area (Å²) in [5, 5.41) is 18.9. The number of urea groups is 2. The molecule has 6 aliphatic heterocycles. The highest BCUT2D eigenvalue weighted by Crippen LogP contribution is 2.38. The number of hydrazine groups is 2. The Hall–Kier alpha value is -6.12. The van der Waals surface area contributed by atoms with Crippen LogP contribution in [0.5, 0.6) is 0 Å². The van der Waals surface area contributed by atoms with Gasteiger partial charge in [0.05, 0.1) is 12.8 Å². The van der Waals surface area contributed by atoms with Crippen LogP contribution < -0.4 is 37.0 Å². The Bertz CT molecular complexity index is 2610. The van der Waals surface area contributed by atoms with Gasteiger partial charge in [-0.15, -0.1) is 0 Å². The molecule has 4 aromatic rings. The monoisotopic (exact) mass is 981 g/mol. The van der Waals surface area contributed by atoms with Gasteiger partial charge in [-0.1, -0.05) is 101 Å². The van der Waals surface area contributed by atoms with Gasteiger partial charge in [-0.3, -0.25) is 34.9 Å². The van der Waals surface area contributed by atoms with Gasteiger partial charge in [0.15, 0.2) is 0 Å². The Kier molecular flexibility index (Phi) is 13.8. The first-order valence-corrected chi connectivity index (χ1v) is 25.5. The number of imide groups is 2. The lowest BCUT2D eigenvalue weighted by Crippen LogP contribution is -2.64. The van der Waals surface area contributed by atoms with Gasteiger partial charge < -0.3 is 25.3 Å². The maximum atomic E-state index is 14.2. The third kappa shape index (κ3) is 9.88. The van der Waals surface area contributed by atoms with Crippen molar-refractivity contribution in [2.24, 2.45) is 23.2 Å². The summed E-state index contributed by atoms with van der Waals surface area (Å²) in [4.78, 5) is 66.1.